The molecule has 4 rings (SSSR count). The van der Waals surface area contributed by atoms with Gasteiger partial charge in [-0.25, -0.2) is 13.9 Å². The van der Waals surface area contributed by atoms with Gasteiger partial charge in [0, 0.05) is 30.4 Å². The van der Waals surface area contributed by atoms with E-state index in [2.05, 4.69) is 20.8 Å². The third kappa shape index (κ3) is 5.30. The topological polar surface area (TPSA) is 103 Å². The molecule has 0 unspecified atom stereocenters. The lowest BCUT2D eigenvalue weighted by atomic mass is 10.1. The maximum atomic E-state index is 13.8. The number of carbonyl (C=O) groups excluding carboxylic acids is 1. The van der Waals surface area contributed by atoms with Crippen molar-refractivity contribution in [2.24, 2.45) is 0 Å². The first kappa shape index (κ1) is 25.5. The molecule has 0 spiro atoms. The Balaban J connectivity index is 1.59. The van der Waals surface area contributed by atoms with Crippen molar-refractivity contribution in [2.45, 2.75) is 20.0 Å². The number of benzene rings is 2. The number of aryl methyl sites for hydroxylation is 1. The lowest BCUT2D eigenvalue weighted by molar-refractivity contribution is -0.121. The van der Waals surface area contributed by atoms with Gasteiger partial charge < -0.3 is 5.32 Å². The number of aromatic nitrogens is 6. The molecule has 0 aliphatic rings. The molecule has 0 bridgehead atoms. The van der Waals surface area contributed by atoms with Gasteiger partial charge in [0.05, 0.1) is 16.4 Å². The first-order chi connectivity index (χ1) is 17.2. The number of carbonyl (C=O) groups is 1. The SMILES string of the molecule is Cc1cc(=S)n(N(C)c2cc(F)ccc2Cl)c(=O)n1CC(=O)NCc1cc(Cl)ccc1-n1cnnn1. The van der Waals surface area contributed by atoms with E-state index in [0.29, 0.717) is 22.0 Å². The van der Waals surface area contributed by atoms with E-state index < -0.39 is 17.4 Å². The maximum Gasteiger partial charge on any atom is 0.349 e. The Hall–Kier alpha value is -3.61. The van der Waals surface area contributed by atoms with Crippen LogP contribution in [0.3, 0.4) is 0 Å². The van der Waals surface area contributed by atoms with E-state index in [1.165, 1.54) is 45.8 Å². The van der Waals surface area contributed by atoms with E-state index in [9.17, 15) is 14.0 Å². The van der Waals surface area contributed by atoms with E-state index >= 15 is 0 Å². The molecule has 0 radical (unpaired) electrons. The quantitative estimate of drug-likeness (QED) is 0.353. The summed E-state index contributed by atoms with van der Waals surface area (Å²) in [4.78, 5) is 26.2. The molecule has 0 atom stereocenters. The second-order valence-electron chi connectivity index (χ2n) is 7.73. The van der Waals surface area contributed by atoms with Gasteiger partial charge in [-0.1, -0.05) is 35.4 Å². The van der Waals surface area contributed by atoms with Crippen LogP contribution in [-0.4, -0.2) is 42.4 Å². The van der Waals surface area contributed by atoms with Gasteiger partial charge in [0.2, 0.25) is 5.91 Å². The Kier molecular flexibility index (Phi) is 7.48. The standard InChI is InChI=1S/C22H19Cl2FN8O2S/c1-13-7-21(36)33(30(2)19-9-16(25)4-5-17(19)24)22(35)31(13)11-20(34)26-10-14-8-15(23)3-6-18(14)32-12-27-28-29-32/h3-9,12H,10-11H2,1-2H3,(H,26,34). The molecule has 2 aromatic heterocycles. The summed E-state index contributed by atoms with van der Waals surface area (Å²) >= 11 is 17.7. The molecule has 36 heavy (non-hydrogen) atoms. The zero-order valence-corrected chi connectivity index (χ0v) is 21.4. The molecular formula is C22H19Cl2FN8O2S. The van der Waals surface area contributed by atoms with Crippen LogP contribution in [0.1, 0.15) is 11.3 Å². The van der Waals surface area contributed by atoms with Crippen LogP contribution in [0.4, 0.5) is 10.1 Å². The smallest absolute Gasteiger partial charge is 0.349 e. The van der Waals surface area contributed by atoms with Crippen LogP contribution >= 0.6 is 35.4 Å². The van der Waals surface area contributed by atoms with E-state index in [-0.39, 0.29) is 28.4 Å². The van der Waals surface area contributed by atoms with Crippen molar-refractivity contribution in [1.29, 1.82) is 0 Å². The molecule has 14 heteroatoms. The number of nitrogens with zero attached hydrogens (tertiary/aromatic N) is 7. The molecule has 0 aliphatic carbocycles. The molecule has 0 saturated carbocycles. The molecule has 2 aromatic carbocycles. The number of hydrogen-bond donors (Lipinski definition) is 1. The minimum absolute atomic E-state index is 0.111. The summed E-state index contributed by atoms with van der Waals surface area (Å²) in [6.45, 7) is 1.49. The van der Waals surface area contributed by atoms with Gasteiger partial charge in [-0.2, -0.15) is 4.68 Å². The molecule has 1 N–H and O–H groups in total. The molecule has 1 amide bonds. The summed E-state index contributed by atoms with van der Waals surface area (Å²) in [6.07, 6.45) is 1.42. The van der Waals surface area contributed by atoms with Gasteiger partial charge >= 0.3 is 5.69 Å². The third-order valence-electron chi connectivity index (χ3n) is 5.35. The van der Waals surface area contributed by atoms with Crippen molar-refractivity contribution in [2.75, 3.05) is 12.1 Å². The van der Waals surface area contributed by atoms with Crippen molar-refractivity contribution in [1.82, 2.24) is 34.8 Å². The summed E-state index contributed by atoms with van der Waals surface area (Å²) in [5.74, 6) is -0.959. The number of rotatable bonds is 7. The van der Waals surface area contributed by atoms with Gasteiger partial charge in [0.1, 0.15) is 23.3 Å². The van der Waals surface area contributed by atoms with Gasteiger partial charge in [0.25, 0.3) is 0 Å². The molecule has 0 aliphatic heterocycles. The van der Waals surface area contributed by atoms with Gasteiger partial charge in [-0.05, 0) is 59.3 Å². The largest absolute Gasteiger partial charge is 0.350 e. The first-order valence-corrected chi connectivity index (χ1v) is 11.6. The third-order valence-corrected chi connectivity index (χ3v) is 6.20. The number of tetrazole rings is 1. The molecule has 4 aromatic rings. The number of halogens is 3. The van der Waals surface area contributed by atoms with Gasteiger partial charge in [0.15, 0.2) is 0 Å². The summed E-state index contributed by atoms with van der Waals surface area (Å²) in [5.41, 5.74) is 1.44. The minimum Gasteiger partial charge on any atom is -0.350 e. The predicted octanol–water partition coefficient (Wildman–Crippen LogP) is 3.33. The van der Waals surface area contributed by atoms with Gasteiger partial charge in [-0.3, -0.25) is 14.4 Å². The van der Waals surface area contributed by atoms with Crippen molar-refractivity contribution in [3.05, 3.63) is 91.0 Å². The summed E-state index contributed by atoms with van der Waals surface area (Å²) in [5, 5.41) is 15.9. The lowest BCUT2D eigenvalue weighted by Gasteiger charge is -2.24. The van der Waals surface area contributed by atoms with Crippen molar-refractivity contribution >= 4 is 47.0 Å². The monoisotopic (exact) mass is 548 g/mol. The summed E-state index contributed by atoms with van der Waals surface area (Å²) in [7, 11) is 1.53. The second kappa shape index (κ2) is 10.6. The highest BCUT2D eigenvalue weighted by atomic mass is 35.5. The van der Waals surface area contributed by atoms with E-state index in [1.54, 1.807) is 31.2 Å². The summed E-state index contributed by atoms with van der Waals surface area (Å²) in [6, 6.07) is 10.5. The maximum absolute atomic E-state index is 13.8. The minimum atomic E-state index is -0.588. The van der Waals surface area contributed by atoms with Crippen LogP contribution in [-0.2, 0) is 17.9 Å². The van der Waals surface area contributed by atoms with E-state index in [1.807, 2.05) is 0 Å². The van der Waals surface area contributed by atoms with Crippen LogP contribution in [0, 0.1) is 17.4 Å². The van der Waals surface area contributed by atoms with Crippen LogP contribution in [0.15, 0.2) is 53.6 Å². The fraction of sp³-hybridized carbons (Fsp3) is 0.182. The lowest BCUT2D eigenvalue weighted by Crippen LogP contribution is -2.44. The number of hydrogen-bond acceptors (Lipinski definition) is 7. The number of nitrogens with one attached hydrogen (secondary N) is 1. The highest BCUT2D eigenvalue weighted by Gasteiger charge is 2.17. The average molecular weight is 549 g/mol. The van der Waals surface area contributed by atoms with Crippen molar-refractivity contribution in [3.8, 4) is 5.69 Å². The van der Waals surface area contributed by atoms with Gasteiger partial charge in [-0.15, -0.1) is 5.10 Å². The summed E-state index contributed by atoms with van der Waals surface area (Å²) < 4.78 is 17.8. The van der Waals surface area contributed by atoms with Crippen LogP contribution in [0.2, 0.25) is 10.0 Å². The molecular weight excluding hydrogens is 530 g/mol. The zero-order chi connectivity index (χ0) is 26.0. The van der Waals surface area contributed by atoms with Crippen LogP contribution in [0.5, 0.6) is 0 Å². The first-order valence-electron chi connectivity index (χ1n) is 10.5. The Bertz CT molecular complexity index is 1550. The predicted molar refractivity (Wildman–Crippen MR) is 135 cm³/mol. The Morgan fingerprint density at radius 2 is 1.97 bits per heavy atom. The molecule has 0 saturated heterocycles. The molecule has 186 valence electrons. The number of amides is 1. The van der Waals surface area contributed by atoms with Crippen molar-refractivity contribution < 1.29 is 9.18 Å². The molecule has 10 nitrogen and oxygen atoms in total. The Labute approximate surface area is 219 Å². The average Bonchev–Trinajstić information content (AvgIpc) is 3.36. The van der Waals surface area contributed by atoms with Crippen molar-refractivity contribution in [3.63, 3.8) is 0 Å². The fourth-order valence-corrected chi connectivity index (χ4v) is 4.38. The number of anilines is 1. The Morgan fingerprint density at radius 1 is 1.19 bits per heavy atom. The molecule has 0 fully saturated rings. The fourth-order valence-electron chi connectivity index (χ4n) is 3.57. The normalized spacial score (nSPS) is 10.9. The highest BCUT2D eigenvalue weighted by Crippen LogP contribution is 2.26. The second-order valence-corrected chi connectivity index (χ2v) is 8.99. The van der Waals surface area contributed by atoms with Crippen LogP contribution in [0.25, 0.3) is 5.69 Å². The van der Waals surface area contributed by atoms with E-state index in [0.717, 1.165) is 4.68 Å². The van der Waals surface area contributed by atoms with E-state index in [4.69, 9.17) is 35.4 Å². The zero-order valence-electron chi connectivity index (χ0n) is 19.0. The van der Waals surface area contributed by atoms with Crippen LogP contribution < -0.4 is 16.0 Å². The Morgan fingerprint density at radius 3 is 2.69 bits per heavy atom. The highest BCUT2D eigenvalue weighted by molar-refractivity contribution is 7.71. The molecule has 2 heterocycles.